The predicted molar refractivity (Wildman–Crippen MR) is 104 cm³/mol. The summed E-state index contributed by atoms with van der Waals surface area (Å²) in [4.78, 5) is 28.0. The number of hydrogen-bond acceptors (Lipinski definition) is 5. The summed E-state index contributed by atoms with van der Waals surface area (Å²) in [6.45, 7) is 0.285. The second-order valence-corrected chi connectivity index (χ2v) is 8.19. The summed E-state index contributed by atoms with van der Waals surface area (Å²) in [7, 11) is 0. The molecule has 0 spiro atoms. The third-order valence-electron chi connectivity index (χ3n) is 3.64. The van der Waals surface area contributed by atoms with Gasteiger partial charge < -0.3 is 10.6 Å². The Morgan fingerprint density at radius 1 is 1.08 bits per heavy atom. The van der Waals surface area contributed by atoms with Gasteiger partial charge in [0, 0.05) is 36.2 Å². The highest BCUT2D eigenvalue weighted by Crippen LogP contribution is 2.45. The third-order valence-corrected chi connectivity index (χ3v) is 6.74. The van der Waals surface area contributed by atoms with E-state index in [1.807, 2.05) is 47.8 Å². The van der Waals surface area contributed by atoms with E-state index in [1.54, 1.807) is 24.4 Å². The lowest BCUT2D eigenvalue weighted by molar-refractivity contribution is -0.116. The number of amides is 2. The van der Waals surface area contributed by atoms with Crippen molar-refractivity contribution >= 4 is 41.2 Å². The molecule has 0 saturated carbocycles. The standard InChI is InChI=1S/C18H19N3O2S2/c22-16(21-15-3-1-2-9-19-15)8-10-20-17(23)13-4-6-14(7-5-13)18-24-11-12-25-18/h1-7,9,18H,8,10-12H2,(H,20,23)(H,19,21,22). The third kappa shape index (κ3) is 5.24. The summed E-state index contributed by atoms with van der Waals surface area (Å²) >= 11 is 3.88. The maximum Gasteiger partial charge on any atom is 0.251 e. The number of aromatic nitrogens is 1. The van der Waals surface area contributed by atoms with Crippen molar-refractivity contribution in [2.24, 2.45) is 0 Å². The normalized spacial score (nSPS) is 14.2. The second kappa shape index (κ2) is 8.92. The van der Waals surface area contributed by atoms with Gasteiger partial charge in [0.15, 0.2) is 0 Å². The van der Waals surface area contributed by atoms with Crippen molar-refractivity contribution in [2.45, 2.75) is 11.0 Å². The summed E-state index contributed by atoms with van der Waals surface area (Å²) in [5.41, 5.74) is 1.86. The molecule has 1 fully saturated rings. The van der Waals surface area contributed by atoms with Gasteiger partial charge in [-0.1, -0.05) is 18.2 Å². The molecule has 1 aliphatic heterocycles. The number of carbonyl (C=O) groups is 2. The van der Waals surface area contributed by atoms with Crippen LogP contribution in [0.4, 0.5) is 5.82 Å². The molecule has 25 heavy (non-hydrogen) atoms. The van der Waals surface area contributed by atoms with Crippen molar-refractivity contribution in [3.05, 3.63) is 59.8 Å². The molecule has 1 aromatic carbocycles. The zero-order valence-electron chi connectivity index (χ0n) is 13.6. The number of nitrogens with one attached hydrogen (secondary N) is 2. The van der Waals surface area contributed by atoms with Crippen molar-refractivity contribution < 1.29 is 9.59 Å². The number of hydrogen-bond donors (Lipinski definition) is 2. The highest BCUT2D eigenvalue weighted by molar-refractivity contribution is 8.19. The van der Waals surface area contributed by atoms with E-state index in [1.165, 1.54) is 17.1 Å². The minimum atomic E-state index is -0.176. The molecular weight excluding hydrogens is 354 g/mol. The van der Waals surface area contributed by atoms with Gasteiger partial charge >= 0.3 is 0 Å². The first-order valence-electron chi connectivity index (χ1n) is 8.04. The van der Waals surface area contributed by atoms with Gasteiger partial charge in [-0.2, -0.15) is 0 Å². The average molecular weight is 374 g/mol. The number of nitrogens with zero attached hydrogens (tertiary/aromatic N) is 1. The number of rotatable bonds is 6. The Morgan fingerprint density at radius 3 is 2.52 bits per heavy atom. The minimum Gasteiger partial charge on any atom is -0.352 e. The van der Waals surface area contributed by atoms with Gasteiger partial charge in [0.1, 0.15) is 5.82 Å². The Hall–Kier alpha value is -1.99. The first kappa shape index (κ1) is 17.8. The van der Waals surface area contributed by atoms with Gasteiger partial charge in [0.2, 0.25) is 5.91 Å². The van der Waals surface area contributed by atoms with Gasteiger partial charge in [-0.15, -0.1) is 23.5 Å². The first-order valence-corrected chi connectivity index (χ1v) is 10.1. The molecule has 0 bridgehead atoms. The van der Waals surface area contributed by atoms with Crippen molar-refractivity contribution in [1.29, 1.82) is 0 Å². The molecule has 1 aromatic heterocycles. The number of anilines is 1. The molecule has 0 aliphatic carbocycles. The molecule has 130 valence electrons. The quantitative estimate of drug-likeness (QED) is 0.813. The Labute approximate surface area is 155 Å². The molecule has 1 aliphatic rings. The fraction of sp³-hybridized carbons (Fsp3) is 0.278. The summed E-state index contributed by atoms with van der Waals surface area (Å²) in [6.07, 6.45) is 1.82. The molecule has 0 unspecified atom stereocenters. The van der Waals surface area contributed by atoms with E-state index in [4.69, 9.17) is 0 Å². The summed E-state index contributed by atoms with van der Waals surface area (Å²) < 4.78 is 0.479. The van der Waals surface area contributed by atoms with E-state index < -0.39 is 0 Å². The Bertz CT molecular complexity index is 717. The molecule has 2 N–H and O–H groups in total. The monoisotopic (exact) mass is 373 g/mol. The van der Waals surface area contributed by atoms with Crippen LogP contribution in [0, 0.1) is 0 Å². The predicted octanol–water partition coefficient (Wildman–Crippen LogP) is 3.32. The molecule has 7 heteroatoms. The molecule has 2 heterocycles. The molecule has 2 amide bonds. The molecule has 3 rings (SSSR count). The van der Waals surface area contributed by atoms with Crippen molar-refractivity contribution in [3.63, 3.8) is 0 Å². The number of pyridine rings is 1. The SMILES string of the molecule is O=C(CCNC(=O)c1ccc(C2SCCS2)cc1)Nc1ccccn1. The first-order chi connectivity index (χ1) is 12.2. The minimum absolute atomic E-state index is 0.163. The van der Waals surface area contributed by atoms with Crippen LogP contribution in [0.15, 0.2) is 48.7 Å². The number of carbonyl (C=O) groups excluding carboxylic acids is 2. The Morgan fingerprint density at radius 2 is 1.84 bits per heavy atom. The van der Waals surface area contributed by atoms with Crippen LogP contribution in [-0.2, 0) is 4.79 Å². The fourth-order valence-corrected chi connectivity index (χ4v) is 5.24. The average Bonchev–Trinajstić information content (AvgIpc) is 3.17. The lowest BCUT2D eigenvalue weighted by Gasteiger charge is -2.09. The van der Waals surface area contributed by atoms with E-state index in [0.29, 0.717) is 16.0 Å². The maximum absolute atomic E-state index is 12.2. The van der Waals surface area contributed by atoms with Crippen LogP contribution in [-0.4, -0.2) is 34.8 Å². The molecule has 1 saturated heterocycles. The molecule has 2 aromatic rings. The van der Waals surface area contributed by atoms with Crippen LogP contribution >= 0.6 is 23.5 Å². The van der Waals surface area contributed by atoms with Gasteiger partial charge in [-0.25, -0.2) is 4.98 Å². The van der Waals surface area contributed by atoms with Crippen LogP contribution in [0.2, 0.25) is 0 Å². The van der Waals surface area contributed by atoms with Gasteiger partial charge in [-0.05, 0) is 29.8 Å². The highest BCUT2D eigenvalue weighted by atomic mass is 32.2. The van der Waals surface area contributed by atoms with E-state index in [0.717, 1.165) is 0 Å². The summed E-state index contributed by atoms with van der Waals surface area (Å²) in [6, 6.07) is 13.0. The lowest BCUT2D eigenvalue weighted by atomic mass is 10.1. The lowest BCUT2D eigenvalue weighted by Crippen LogP contribution is -2.27. The largest absolute Gasteiger partial charge is 0.352 e. The smallest absolute Gasteiger partial charge is 0.251 e. The zero-order chi connectivity index (χ0) is 17.5. The summed E-state index contributed by atoms with van der Waals surface area (Å²) in [5.74, 6) is 2.53. The van der Waals surface area contributed by atoms with Crippen LogP contribution < -0.4 is 10.6 Å². The van der Waals surface area contributed by atoms with Crippen molar-refractivity contribution in [2.75, 3.05) is 23.4 Å². The number of benzene rings is 1. The second-order valence-electron chi connectivity index (χ2n) is 5.46. The van der Waals surface area contributed by atoms with Crippen molar-refractivity contribution in [3.8, 4) is 0 Å². The summed E-state index contributed by atoms with van der Waals surface area (Å²) in [5, 5.41) is 5.46. The van der Waals surface area contributed by atoms with Gasteiger partial charge in [0.05, 0.1) is 4.58 Å². The van der Waals surface area contributed by atoms with E-state index in [9.17, 15) is 9.59 Å². The molecule has 5 nitrogen and oxygen atoms in total. The topological polar surface area (TPSA) is 71.1 Å². The molecule has 0 radical (unpaired) electrons. The Balaban J connectivity index is 1.43. The zero-order valence-corrected chi connectivity index (χ0v) is 15.2. The van der Waals surface area contributed by atoms with E-state index in [-0.39, 0.29) is 24.8 Å². The Kier molecular flexibility index (Phi) is 6.36. The number of thioether (sulfide) groups is 2. The van der Waals surface area contributed by atoms with Gasteiger partial charge in [0.25, 0.3) is 5.91 Å². The molecular formula is C18H19N3O2S2. The van der Waals surface area contributed by atoms with Crippen LogP contribution in [0.25, 0.3) is 0 Å². The van der Waals surface area contributed by atoms with Crippen LogP contribution in [0.5, 0.6) is 0 Å². The van der Waals surface area contributed by atoms with Crippen molar-refractivity contribution in [1.82, 2.24) is 10.3 Å². The highest BCUT2D eigenvalue weighted by Gasteiger charge is 2.18. The van der Waals surface area contributed by atoms with Crippen LogP contribution in [0.3, 0.4) is 0 Å². The maximum atomic E-state index is 12.2. The fourth-order valence-electron chi connectivity index (χ4n) is 2.38. The van der Waals surface area contributed by atoms with Gasteiger partial charge in [-0.3, -0.25) is 9.59 Å². The van der Waals surface area contributed by atoms with E-state index in [2.05, 4.69) is 15.6 Å². The molecule has 0 atom stereocenters. The van der Waals surface area contributed by atoms with E-state index >= 15 is 0 Å². The van der Waals surface area contributed by atoms with Crippen LogP contribution in [0.1, 0.15) is 26.9 Å².